The molecule has 1 amide bonds. The van der Waals surface area contributed by atoms with Gasteiger partial charge in [-0.05, 0) is 38.5 Å². The van der Waals surface area contributed by atoms with Gasteiger partial charge in [0.15, 0.2) is 6.04 Å². The highest BCUT2D eigenvalue weighted by Gasteiger charge is 2.28. The summed E-state index contributed by atoms with van der Waals surface area (Å²) in [5.74, 6) is -2.36. The van der Waals surface area contributed by atoms with E-state index in [2.05, 4.69) is 31.3 Å². The van der Waals surface area contributed by atoms with Crippen LogP contribution in [0, 0.1) is 0 Å². The van der Waals surface area contributed by atoms with Gasteiger partial charge in [0, 0.05) is 12.8 Å². The predicted octanol–water partition coefficient (Wildman–Crippen LogP) is 12.5. The van der Waals surface area contributed by atoms with E-state index in [1.165, 1.54) is 148 Å². The summed E-state index contributed by atoms with van der Waals surface area (Å²) in [6, 6.07) is -1.54. The molecule has 0 aromatic carbocycles. The lowest BCUT2D eigenvalue weighted by Crippen LogP contribution is -2.43. The molecule has 0 radical (unpaired) electrons. The molecule has 0 saturated carbocycles. The number of carbonyl (C=O) groups is 3. The van der Waals surface area contributed by atoms with E-state index >= 15 is 0 Å². The van der Waals surface area contributed by atoms with Gasteiger partial charge in [0.25, 0.3) is 0 Å². The summed E-state index contributed by atoms with van der Waals surface area (Å²) in [5.41, 5.74) is 0. The molecule has 58 heavy (non-hydrogen) atoms. The van der Waals surface area contributed by atoms with Crippen molar-refractivity contribution < 1.29 is 47.8 Å². The molecular weight excluding hydrogens is 757 g/mol. The number of esters is 1. The second-order valence-corrected chi connectivity index (χ2v) is 17.8. The van der Waals surface area contributed by atoms with Crippen LogP contribution in [0.1, 0.15) is 232 Å². The van der Waals surface area contributed by atoms with E-state index in [0.717, 1.165) is 44.9 Å². The molecule has 0 spiro atoms. The Kier molecular flexibility index (Phi) is 40.6. The van der Waals surface area contributed by atoms with Gasteiger partial charge in [-0.3, -0.25) is 18.6 Å². The van der Waals surface area contributed by atoms with Gasteiger partial charge >= 0.3 is 19.8 Å². The number of hydrogen-bond donors (Lipinski definition) is 4. The third-order valence-electron chi connectivity index (χ3n) is 10.6. The molecule has 12 heteroatoms. The van der Waals surface area contributed by atoms with Crippen molar-refractivity contribution in [3.63, 3.8) is 0 Å². The van der Waals surface area contributed by atoms with Crippen molar-refractivity contribution >= 4 is 25.7 Å². The molecule has 0 fully saturated rings. The molecule has 0 aromatic heterocycles. The zero-order chi connectivity index (χ0) is 42.8. The lowest BCUT2D eigenvalue weighted by atomic mass is 10.0. The van der Waals surface area contributed by atoms with Crippen LogP contribution < -0.4 is 5.32 Å². The van der Waals surface area contributed by atoms with Gasteiger partial charge in [-0.25, -0.2) is 9.36 Å². The number of aliphatic hydroxyl groups is 1. The van der Waals surface area contributed by atoms with Crippen LogP contribution in [0.5, 0.6) is 0 Å². The number of carboxylic acids is 1. The summed E-state index contributed by atoms with van der Waals surface area (Å²) in [5, 5.41) is 21.9. The fourth-order valence-electron chi connectivity index (χ4n) is 6.84. The third-order valence-corrected chi connectivity index (χ3v) is 11.5. The maximum absolute atomic E-state index is 12.3. The quantitative estimate of drug-likeness (QED) is 0.0200. The maximum atomic E-state index is 12.3. The molecule has 4 N–H and O–H groups in total. The summed E-state index contributed by atoms with van der Waals surface area (Å²) in [4.78, 5) is 46.0. The third kappa shape index (κ3) is 41.0. The summed E-state index contributed by atoms with van der Waals surface area (Å²) < 4.78 is 26.9. The lowest BCUT2D eigenvalue weighted by molar-refractivity contribution is -0.147. The topological polar surface area (TPSA) is 169 Å². The molecule has 3 atom stereocenters. The Morgan fingerprint density at radius 2 is 0.897 bits per heavy atom. The molecule has 0 saturated heterocycles. The van der Waals surface area contributed by atoms with Gasteiger partial charge in [0.2, 0.25) is 5.91 Å². The van der Waals surface area contributed by atoms with Gasteiger partial charge < -0.3 is 25.2 Å². The van der Waals surface area contributed by atoms with Crippen molar-refractivity contribution in [1.82, 2.24) is 5.32 Å². The second-order valence-electron chi connectivity index (χ2n) is 16.3. The molecule has 0 bridgehead atoms. The van der Waals surface area contributed by atoms with Crippen LogP contribution in [0.4, 0.5) is 0 Å². The highest BCUT2D eigenvalue weighted by Crippen LogP contribution is 2.43. The van der Waals surface area contributed by atoms with Crippen LogP contribution in [0.2, 0.25) is 0 Å². The zero-order valence-corrected chi connectivity index (χ0v) is 38.0. The number of unbranched alkanes of at least 4 members (excludes halogenated alkanes) is 29. The van der Waals surface area contributed by atoms with Crippen molar-refractivity contribution in [3.8, 4) is 0 Å². The first-order valence-electron chi connectivity index (χ1n) is 23.7. The first kappa shape index (κ1) is 56.2. The molecule has 342 valence electrons. The van der Waals surface area contributed by atoms with Crippen molar-refractivity contribution in [2.75, 3.05) is 19.8 Å². The number of ether oxygens (including phenoxy) is 1. The smallest absolute Gasteiger partial charge is 0.472 e. The van der Waals surface area contributed by atoms with Crippen LogP contribution in [-0.4, -0.2) is 64.9 Å². The number of hydrogen-bond acceptors (Lipinski definition) is 8. The Balaban J connectivity index is 3.84. The molecule has 3 unspecified atom stereocenters. The number of aliphatic hydroxyl groups excluding tert-OH is 1. The van der Waals surface area contributed by atoms with Gasteiger partial charge in [-0.2, -0.15) is 0 Å². The minimum absolute atomic E-state index is 0.151. The Labute approximate surface area is 354 Å². The second kappa shape index (κ2) is 41.9. The minimum atomic E-state index is -4.75. The average Bonchev–Trinajstić information content (AvgIpc) is 3.20. The fourth-order valence-corrected chi connectivity index (χ4v) is 7.61. The number of phosphoric acid groups is 1. The summed E-state index contributed by atoms with van der Waals surface area (Å²) in [6.45, 7) is 2.62. The zero-order valence-electron chi connectivity index (χ0n) is 37.1. The normalized spacial score (nSPS) is 13.7. The van der Waals surface area contributed by atoms with E-state index < -0.39 is 57.6 Å². The average molecular weight is 846 g/mol. The lowest BCUT2D eigenvalue weighted by Gasteiger charge is -2.18. The van der Waals surface area contributed by atoms with E-state index in [9.17, 15) is 34.1 Å². The van der Waals surface area contributed by atoms with Crippen molar-refractivity contribution in [3.05, 3.63) is 12.2 Å². The molecule has 0 aliphatic rings. The van der Waals surface area contributed by atoms with E-state index in [1.54, 1.807) is 0 Å². The Morgan fingerprint density at radius 1 is 0.534 bits per heavy atom. The van der Waals surface area contributed by atoms with E-state index in [0.29, 0.717) is 12.8 Å². The largest absolute Gasteiger partial charge is 0.480 e. The van der Waals surface area contributed by atoms with Crippen molar-refractivity contribution in [2.45, 2.75) is 244 Å². The first-order chi connectivity index (χ1) is 28.1. The Morgan fingerprint density at radius 3 is 1.31 bits per heavy atom. The number of nitrogens with one attached hydrogen (secondary N) is 1. The number of amides is 1. The predicted molar refractivity (Wildman–Crippen MR) is 236 cm³/mol. The Hall–Kier alpha value is -1.78. The monoisotopic (exact) mass is 846 g/mol. The number of carboxylic acid groups (broad SMARTS) is 1. The van der Waals surface area contributed by atoms with Crippen LogP contribution in [-0.2, 0) is 32.7 Å². The maximum Gasteiger partial charge on any atom is 0.472 e. The number of carbonyl (C=O) groups excluding carboxylic acids is 2. The molecule has 0 rings (SSSR count). The van der Waals surface area contributed by atoms with E-state index in [-0.39, 0.29) is 12.8 Å². The van der Waals surface area contributed by atoms with Gasteiger partial charge in [0.1, 0.15) is 12.7 Å². The standard InChI is InChI=1S/C46H88NO10P/c1-3-5-7-9-11-13-15-17-19-21-22-24-26-28-30-32-34-36-38-45(50)55-39-42(48)40-56-58(53,54)57-41-43(46(51)52)47-44(49)37-35-33-31-29-27-25-23-20-18-16-14-12-10-8-6-4-2/h19,21,42-43,48H,3-18,20,22-41H2,1-2H3,(H,47,49)(H,51,52)(H,53,54)/b21-19-. The van der Waals surface area contributed by atoms with Crippen LogP contribution in [0.25, 0.3) is 0 Å². The number of allylic oxidation sites excluding steroid dienone is 2. The fraction of sp³-hybridized carbons (Fsp3) is 0.891. The molecule has 0 aromatic rings. The number of rotatable bonds is 45. The highest BCUT2D eigenvalue weighted by molar-refractivity contribution is 7.47. The summed E-state index contributed by atoms with van der Waals surface area (Å²) in [7, 11) is -4.75. The first-order valence-corrected chi connectivity index (χ1v) is 25.2. The summed E-state index contributed by atoms with van der Waals surface area (Å²) >= 11 is 0. The van der Waals surface area contributed by atoms with Crippen molar-refractivity contribution in [1.29, 1.82) is 0 Å². The molecule has 0 heterocycles. The SMILES string of the molecule is CCCCCCCCC/C=C\CCCCCCCCCC(=O)OCC(O)COP(=O)(O)OCC(NC(=O)CCCCCCCCCCCCCCCCCC)C(=O)O. The molecule has 11 nitrogen and oxygen atoms in total. The van der Waals surface area contributed by atoms with Gasteiger partial charge in [-0.1, -0.05) is 193 Å². The minimum Gasteiger partial charge on any atom is -0.480 e. The van der Waals surface area contributed by atoms with Crippen LogP contribution >= 0.6 is 7.82 Å². The van der Waals surface area contributed by atoms with E-state index in [1.807, 2.05) is 0 Å². The molecule has 0 aliphatic heterocycles. The Bertz CT molecular complexity index is 1040. The van der Waals surface area contributed by atoms with Crippen LogP contribution in [0.3, 0.4) is 0 Å². The molecule has 0 aliphatic carbocycles. The van der Waals surface area contributed by atoms with Gasteiger partial charge in [-0.15, -0.1) is 0 Å². The van der Waals surface area contributed by atoms with Crippen LogP contribution in [0.15, 0.2) is 12.2 Å². The van der Waals surface area contributed by atoms with E-state index in [4.69, 9.17) is 13.8 Å². The highest BCUT2D eigenvalue weighted by atomic mass is 31.2. The molecular formula is C46H88NO10P. The van der Waals surface area contributed by atoms with Gasteiger partial charge in [0.05, 0.1) is 13.2 Å². The summed E-state index contributed by atoms with van der Waals surface area (Å²) in [6.07, 6.45) is 42.3. The van der Waals surface area contributed by atoms with Crippen molar-refractivity contribution in [2.24, 2.45) is 0 Å². The number of aliphatic carboxylic acids is 1. The number of phosphoric ester groups is 1.